The van der Waals surface area contributed by atoms with E-state index in [4.69, 9.17) is 16.3 Å². The van der Waals surface area contributed by atoms with Crippen molar-refractivity contribution < 1.29 is 4.74 Å². The van der Waals surface area contributed by atoms with Crippen LogP contribution in [0.15, 0.2) is 48.9 Å². The van der Waals surface area contributed by atoms with E-state index in [-0.39, 0.29) is 0 Å². The van der Waals surface area contributed by atoms with Crippen LogP contribution in [0.3, 0.4) is 0 Å². The molecule has 6 heteroatoms. The van der Waals surface area contributed by atoms with Crippen molar-refractivity contribution in [3.63, 3.8) is 0 Å². The molecule has 142 valence electrons. The van der Waals surface area contributed by atoms with Gasteiger partial charge in [0.2, 0.25) is 5.88 Å². The summed E-state index contributed by atoms with van der Waals surface area (Å²) in [5.41, 5.74) is 5.11. The highest BCUT2D eigenvalue weighted by molar-refractivity contribution is 6.30. The Hall–Kier alpha value is -2.92. The largest absolute Gasteiger partial charge is 0.438 e. The minimum Gasteiger partial charge on any atom is -0.438 e. The second kappa shape index (κ2) is 7.24. The number of hydrogen-bond acceptors (Lipinski definition) is 4. The molecule has 4 rings (SSSR count). The first-order valence-electron chi connectivity index (χ1n) is 9.17. The predicted molar refractivity (Wildman–Crippen MR) is 112 cm³/mol. The summed E-state index contributed by atoms with van der Waals surface area (Å²) in [5, 5.41) is 5.89. The smallest absolute Gasteiger partial charge is 0.233 e. The minimum atomic E-state index is 0.471. The zero-order chi connectivity index (χ0) is 19.8. The van der Waals surface area contributed by atoms with E-state index in [2.05, 4.69) is 41.9 Å². The molecule has 0 radical (unpaired) electrons. The second-order valence-corrected chi connectivity index (χ2v) is 7.61. The number of ether oxygens (including phenoxy) is 1. The van der Waals surface area contributed by atoms with Crippen LogP contribution in [-0.4, -0.2) is 19.7 Å². The Bertz CT molecular complexity index is 1170. The van der Waals surface area contributed by atoms with Crippen LogP contribution >= 0.6 is 11.6 Å². The summed E-state index contributed by atoms with van der Waals surface area (Å²) in [6.07, 6.45) is 3.21. The lowest BCUT2D eigenvalue weighted by molar-refractivity contribution is 0.467. The number of benzene rings is 2. The maximum atomic E-state index is 6.17. The van der Waals surface area contributed by atoms with Gasteiger partial charge in [0.25, 0.3) is 0 Å². The van der Waals surface area contributed by atoms with Crippen LogP contribution in [0.25, 0.3) is 16.7 Å². The standard InChI is InChI=1S/C22H21ClN4O/c1-13(2)18-8-7-17(9-15(18)4)28-22-19-11-26-27(21(19)24-12-25-22)20-10-16(23)6-5-14(20)3/h5-13H,1-4H3. The molecular weight excluding hydrogens is 372 g/mol. The van der Waals surface area contributed by atoms with Gasteiger partial charge in [0.05, 0.1) is 11.9 Å². The Morgan fingerprint density at radius 1 is 1.00 bits per heavy atom. The van der Waals surface area contributed by atoms with E-state index in [0.717, 1.165) is 22.4 Å². The highest BCUT2D eigenvalue weighted by Gasteiger charge is 2.15. The van der Waals surface area contributed by atoms with Gasteiger partial charge < -0.3 is 4.74 Å². The van der Waals surface area contributed by atoms with E-state index >= 15 is 0 Å². The van der Waals surface area contributed by atoms with Gasteiger partial charge in [-0.1, -0.05) is 37.6 Å². The van der Waals surface area contributed by atoms with Gasteiger partial charge in [-0.15, -0.1) is 0 Å². The zero-order valence-electron chi connectivity index (χ0n) is 16.3. The summed E-state index contributed by atoms with van der Waals surface area (Å²) in [5.74, 6) is 1.69. The summed E-state index contributed by atoms with van der Waals surface area (Å²) in [6.45, 7) is 8.47. The van der Waals surface area contributed by atoms with Crippen LogP contribution in [0.5, 0.6) is 11.6 Å². The van der Waals surface area contributed by atoms with Gasteiger partial charge in [-0.25, -0.2) is 14.6 Å². The molecule has 2 aromatic heterocycles. The summed E-state index contributed by atoms with van der Waals surface area (Å²) >= 11 is 6.17. The monoisotopic (exact) mass is 392 g/mol. The summed E-state index contributed by atoms with van der Waals surface area (Å²) < 4.78 is 7.84. The van der Waals surface area contributed by atoms with Crippen molar-refractivity contribution in [3.8, 4) is 17.3 Å². The van der Waals surface area contributed by atoms with Crippen molar-refractivity contribution in [2.75, 3.05) is 0 Å². The van der Waals surface area contributed by atoms with Crippen LogP contribution in [0.4, 0.5) is 0 Å². The van der Waals surface area contributed by atoms with Crippen molar-refractivity contribution in [2.45, 2.75) is 33.6 Å². The Balaban J connectivity index is 1.75. The third-order valence-corrected chi connectivity index (χ3v) is 5.04. The van der Waals surface area contributed by atoms with Crippen molar-refractivity contribution in [2.24, 2.45) is 0 Å². The van der Waals surface area contributed by atoms with Crippen molar-refractivity contribution in [3.05, 3.63) is 70.6 Å². The van der Waals surface area contributed by atoms with E-state index in [1.807, 2.05) is 37.3 Å². The molecule has 0 aliphatic rings. The molecule has 0 spiro atoms. The quantitative estimate of drug-likeness (QED) is 0.427. The Labute approximate surface area is 169 Å². The third kappa shape index (κ3) is 3.34. The molecule has 0 atom stereocenters. The number of aromatic nitrogens is 4. The van der Waals surface area contributed by atoms with Crippen LogP contribution in [-0.2, 0) is 0 Å². The molecule has 28 heavy (non-hydrogen) atoms. The van der Waals surface area contributed by atoms with Crippen molar-refractivity contribution in [1.82, 2.24) is 19.7 Å². The number of nitrogens with zero attached hydrogens (tertiary/aromatic N) is 4. The number of rotatable bonds is 4. The lowest BCUT2D eigenvalue weighted by atomic mass is 9.98. The SMILES string of the molecule is Cc1cc(Oc2ncnc3c2cnn3-c2cc(Cl)ccc2C)ccc1C(C)C. The fourth-order valence-corrected chi connectivity index (χ4v) is 3.53. The van der Waals surface area contributed by atoms with Crippen molar-refractivity contribution in [1.29, 1.82) is 0 Å². The molecule has 0 saturated carbocycles. The molecule has 0 bridgehead atoms. The molecule has 0 amide bonds. The van der Waals surface area contributed by atoms with Crippen LogP contribution in [0.1, 0.15) is 36.5 Å². The van der Waals surface area contributed by atoms with E-state index < -0.39 is 0 Å². The lowest BCUT2D eigenvalue weighted by Gasteiger charge is -2.12. The number of hydrogen-bond donors (Lipinski definition) is 0. The zero-order valence-corrected chi connectivity index (χ0v) is 17.0. The van der Waals surface area contributed by atoms with Gasteiger partial charge in [-0.05, 0) is 60.7 Å². The van der Waals surface area contributed by atoms with Crippen LogP contribution in [0.2, 0.25) is 5.02 Å². The Morgan fingerprint density at radius 3 is 2.57 bits per heavy atom. The highest BCUT2D eigenvalue weighted by Crippen LogP contribution is 2.31. The van der Waals surface area contributed by atoms with Gasteiger partial charge in [-0.2, -0.15) is 5.10 Å². The molecule has 2 aromatic carbocycles. The second-order valence-electron chi connectivity index (χ2n) is 7.18. The Kier molecular flexibility index (Phi) is 4.77. The number of fused-ring (bicyclic) bond motifs is 1. The maximum absolute atomic E-state index is 6.17. The fourth-order valence-electron chi connectivity index (χ4n) is 3.36. The molecule has 0 N–H and O–H groups in total. The molecule has 4 aromatic rings. The van der Waals surface area contributed by atoms with E-state index in [9.17, 15) is 0 Å². The molecule has 0 aliphatic heterocycles. The first kappa shape index (κ1) is 18.4. The summed E-state index contributed by atoms with van der Waals surface area (Å²) in [6, 6.07) is 11.8. The van der Waals surface area contributed by atoms with Gasteiger partial charge >= 0.3 is 0 Å². The third-order valence-electron chi connectivity index (χ3n) is 4.81. The first-order valence-corrected chi connectivity index (χ1v) is 9.55. The molecule has 0 fully saturated rings. The average molecular weight is 393 g/mol. The molecule has 0 unspecified atom stereocenters. The molecule has 0 aliphatic carbocycles. The van der Waals surface area contributed by atoms with Crippen LogP contribution in [0, 0.1) is 13.8 Å². The van der Waals surface area contributed by atoms with Gasteiger partial charge in [-0.3, -0.25) is 0 Å². The average Bonchev–Trinajstić information content (AvgIpc) is 3.08. The van der Waals surface area contributed by atoms with Gasteiger partial charge in [0.15, 0.2) is 5.65 Å². The lowest BCUT2D eigenvalue weighted by Crippen LogP contribution is -2.00. The van der Waals surface area contributed by atoms with Crippen molar-refractivity contribution >= 4 is 22.6 Å². The first-order chi connectivity index (χ1) is 13.4. The fraction of sp³-hybridized carbons (Fsp3) is 0.227. The number of aryl methyl sites for hydroxylation is 2. The normalized spacial score (nSPS) is 11.4. The van der Waals surface area contributed by atoms with Gasteiger partial charge in [0.1, 0.15) is 17.5 Å². The topological polar surface area (TPSA) is 52.8 Å². The highest BCUT2D eigenvalue weighted by atomic mass is 35.5. The van der Waals surface area contributed by atoms with E-state index in [1.165, 1.54) is 17.5 Å². The molecule has 0 saturated heterocycles. The Morgan fingerprint density at radius 2 is 1.82 bits per heavy atom. The number of halogens is 1. The minimum absolute atomic E-state index is 0.471. The van der Waals surface area contributed by atoms with E-state index in [1.54, 1.807) is 10.9 Å². The van der Waals surface area contributed by atoms with Gasteiger partial charge in [0, 0.05) is 5.02 Å². The maximum Gasteiger partial charge on any atom is 0.233 e. The van der Waals surface area contributed by atoms with E-state index in [0.29, 0.717) is 22.5 Å². The predicted octanol–water partition coefficient (Wildman–Crippen LogP) is 6.00. The summed E-state index contributed by atoms with van der Waals surface area (Å²) in [4.78, 5) is 8.74. The molecule has 5 nitrogen and oxygen atoms in total. The van der Waals surface area contributed by atoms with Crippen LogP contribution < -0.4 is 4.74 Å². The molecular formula is C22H21ClN4O. The summed E-state index contributed by atoms with van der Waals surface area (Å²) in [7, 11) is 0. The molecule has 2 heterocycles.